The second-order valence-electron chi connectivity index (χ2n) is 0.214. The zero-order valence-corrected chi connectivity index (χ0v) is 8.49. The molecule has 0 heterocycles. The molecule has 0 aromatic rings. The summed E-state index contributed by atoms with van der Waals surface area (Å²) in [6.45, 7) is 0. The summed E-state index contributed by atoms with van der Waals surface area (Å²) in [4.78, 5) is 0. The summed E-state index contributed by atoms with van der Waals surface area (Å²) in [7, 11) is -0.896. The Morgan fingerprint density at radius 1 is 1.00 bits per heavy atom. The zero-order chi connectivity index (χ0) is 3.58. The number of hydrogen-bond acceptors (Lipinski definition) is 0. The van der Waals surface area contributed by atoms with E-state index in [1.165, 1.54) is 0 Å². The molecular formula is Br3Ge. The van der Waals surface area contributed by atoms with Crippen molar-refractivity contribution in [2.24, 2.45) is 0 Å². The molecule has 0 N–H and O–H groups in total. The average molecular weight is 312 g/mol. The van der Waals surface area contributed by atoms with Crippen molar-refractivity contribution in [2.45, 2.75) is 0 Å². The van der Waals surface area contributed by atoms with Gasteiger partial charge in [0.1, 0.15) is 0 Å². The van der Waals surface area contributed by atoms with Gasteiger partial charge < -0.3 is 0 Å². The van der Waals surface area contributed by atoms with E-state index in [0.717, 1.165) is 0 Å². The van der Waals surface area contributed by atoms with Gasteiger partial charge in [-0.15, -0.1) is 0 Å². The van der Waals surface area contributed by atoms with Gasteiger partial charge in [0, 0.05) is 0 Å². The Morgan fingerprint density at radius 3 is 1.00 bits per heavy atom. The Bertz CT molecular complexity index is 8.00. The van der Waals surface area contributed by atoms with Crippen LogP contribution in [-0.2, 0) is 0 Å². The van der Waals surface area contributed by atoms with Gasteiger partial charge in [-0.25, -0.2) is 0 Å². The topological polar surface area (TPSA) is 0 Å². The molecule has 0 saturated heterocycles. The van der Waals surface area contributed by atoms with E-state index in [4.69, 9.17) is 0 Å². The summed E-state index contributed by atoms with van der Waals surface area (Å²) in [5.41, 5.74) is 0. The molecule has 0 amide bonds. The molecule has 0 saturated carbocycles. The van der Waals surface area contributed by atoms with E-state index in [-0.39, 0.29) is 0 Å². The second kappa shape index (κ2) is 3.18. The number of rotatable bonds is 0. The maximum absolute atomic E-state index is 3.27. The standard InChI is InChI=1S/Br3Ge/c1-4(2)3. The molecule has 0 aromatic heterocycles. The molecule has 0 aliphatic rings. The van der Waals surface area contributed by atoms with Crippen molar-refractivity contribution >= 4 is 50.8 Å². The molecule has 0 fully saturated rings. The maximum atomic E-state index is 3.27. The fourth-order valence-corrected chi connectivity index (χ4v) is 0. The first-order valence-electron chi connectivity index (χ1n) is 0.567. The van der Waals surface area contributed by atoms with Gasteiger partial charge >= 0.3 is 50.8 Å². The van der Waals surface area contributed by atoms with Crippen LogP contribution in [0.1, 0.15) is 0 Å². The van der Waals surface area contributed by atoms with Crippen molar-refractivity contribution < 1.29 is 0 Å². The molecule has 0 unspecified atom stereocenters. The van der Waals surface area contributed by atoms with Crippen LogP contribution in [0, 0.1) is 0 Å². The molecule has 0 nitrogen and oxygen atoms in total. The van der Waals surface area contributed by atoms with Crippen LogP contribution < -0.4 is 0 Å². The molecular weight excluding hydrogens is 312 g/mol. The van der Waals surface area contributed by atoms with Gasteiger partial charge in [-0.2, -0.15) is 0 Å². The van der Waals surface area contributed by atoms with E-state index in [1.807, 2.05) is 0 Å². The normalized spacial score (nSPS) is 9.00. The molecule has 4 heavy (non-hydrogen) atoms. The van der Waals surface area contributed by atoms with E-state index in [1.54, 1.807) is 0 Å². The van der Waals surface area contributed by atoms with E-state index >= 15 is 0 Å². The Labute approximate surface area is 50.3 Å². The molecule has 0 aromatic carbocycles. The van der Waals surface area contributed by atoms with Gasteiger partial charge in [0.2, 0.25) is 0 Å². The van der Waals surface area contributed by atoms with Gasteiger partial charge in [-0.3, -0.25) is 0 Å². The fourth-order valence-electron chi connectivity index (χ4n) is 0. The van der Waals surface area contributed by atoms with E-state index < -0.39 is 8.82 Å². The number of hydrogen-bond donors (Lipinski definition) is 0. The third-order valence-corrected chi connectivity index (χ3v) is 0. The molecule has 0 rings (SSSR count). The van der Waals surface area contributed by atoms with Gasteiger partial charge in [0.05, 0.1) is 0 Å². The second-order valence-corrected chi connectivity index (χ2v) is 30.1. The molecule has 0 aliphatic heterocycles. The van der Waals surface area contributed by atoms with Crippen LogP contribution in [0.3, 0.4) is 0 Å². The molecule has 0 bridgehead atoms. The van der Waals surface area contributed by atoms with E-state index in [2.05, 4.69) is 42.0 Å². The first-order chi connectivity index (χ1) is 1.73. The van der Waals surface area contributed by atoms with Crippen molar-refractivity contribution in [3.05, 3.63) is 0 Å². The Balaban J connectivity index is 2.32. The number of halogens is 3. The Morgan fingerprint density at radius 2 is 1.00 bits per heavy atom. The fraction of sp³-hybridized carbons (Fsp3) is 0. The monoisotopic (exact) mass is 311 g/mol. The van der Waals surface area contributed by atoms with Crippen LogP contribution in [0.15, 0.2) is 0 Å². The van der Waals surface area contributed by atoms with Crippen LogP contribution in [0.4, 0.5) is 0 Å². The van der Waals surface area contributed by atoms with Crippen LogP contribution in [0.25, 0.3) is 0 Å². The van der Waals surface area contributed by atoms with Gasteiger partial charge in [-0.05, 0) is 0 Å². The predicted molar refractivity (Wildman–Crippen MR) is 32.5 cm³/mol. The van der Waals surface area contributed by atoms with Crippen molar-refractivity contribution in [1.82, 2.24) is 0 Å². The summed E-state index contributed by atoms with van der Waals surface area (Å²) < 4.78 is 0. The SMILES string of the molecule is [Br][Ge]([Br])[Br]. The Hall–Kier alpha value is 1.98. The van der Waals surface area contributed by atoms with Crippen LogP contribution >= 0.6 is 42.0 Å². The van der Waals surface area contributed by atoms with Crippen LogP contribution in [0.2, 0.25) is 0 Å². The minimum atomic E-state index is -0.896. The zero-order valence-electron chi connectivity index (χ0n) is 1.63. The summed E-state index contributed by atoms with van der Waals surface area (Å²) in [5.74, 6) is 0. The van der Waals surface area contributed by atoms with Crippen LogP contribution in [-0.4, -0.2) is 8.82 Å². The van der Waals surface area contributed by atoms with E-state index in [0.29, 0.717) is 0 Å². The molecule has 0 aliphatic carbocycles. The van der Waals surface area contributed by atoms with Crippen molar-refractivity contribution in [3.8, 4) is 0 Å². The van der Waals surface area contributed by atoms with Gasteiger partial charge in [0.25, 0.3) is 0 Å². The molecule has 4 heteroatoms. The summed E-state index contributed by atoms with van der Waals surface area (Å²) in [5, 5.41) is 0. The first-order valence-corrected chi connectivity index (χ1v) is 15.3. The van der Waals surface area contributed by atoms with Crippen molar-refractivity contribution in [2.75, 3.05) is 0 Å². The first kappa shape index (κ1) is 5.98. The third kappa shape index (κ3) is 9.01. The predicted octanol–water partition coefficient (Wildman–Crippen LogP) is 2.16. The molecule has 25 valence electrons. The quantitative estimate of drug-likeness (QED) is 0.601. The summed E-state index contributed by atoms with van der Waals surface area (Å²) >= 11 is 9.81. The third-order valence-electron chi connectivity index (χ3n) is 0. The molecule has 0 spiro atoms. The van der Waals surface area contributed by atoms with Crippen LogP contribution in [0.5, 0.6) is 0 Å². The summed E-state index contributed by atoms with van der Waals surface area (Å²) in [6.07, 6.45) is 0. The van der Waals surface area contributed by atoms with Crippen molar-refractivity contribution in [1.29, 1.82) is 0 Å². The molecule has 1 radical (unpaired) electrons. The van der Waals surface area contributed by atoms with Crippen molar-refractivity contribution in [3.63, 3.8) is 0 Å². The van der Waals surface area contributed by atoms with E-state index in [9.17, 15) is 0 Å². The Kier molecular flexibility index (Phi) is 4.76. The van der Waals surface area contributed by atoms with Gasteiger partial charge in [-0.1, -0.05) is 0 Å². The molecule has 0 atom stereocenters. The summed E-state index contributed by atoms with van der Waals surface area (Å²) in [6, 6.07) is 0. The average Bonchev–Trinajstić information content (AvgIpc) is 0.811. The minimum absolute atomic E-state index is 0.896. The van der Waals surface area contributed by atoms with Gasteiger partial charge in [0.15, 0.2) is 0 Å².